The summed E-state index contributed by atoms with van der Waals surface area (Å²) in [5.74, 6) is 1.09. The zero-order valence-corrected chi connectivity index (χ0v) is 15.0. The van der Waals surface area contributed by atoms with Crippen LogP contribution in [0, 0.1) is 0 Å². The largest absolute Gasteiger partial charge is 0.486 e. The van der Waals surface area contributed by atoms with Crippen LogP contribution >= 0.6 is 0 Å². The molecule has 0 spiro atoms. The van der Waals surface area contributed by atoms with Gasteiger partial charge in [-0.15, -0.1) is 5.10 Å². The Bertz CT molecular complexity index is 867. The summed E-state index contributed by atoms with van der Waals surface area (Å²) in [6.07, 6.45) is 3.44. The predicted octanol–water partition coefficient (Wildman–Crippen LogP) is 2.30. The number of aryl methyl sites for hydroxylation is 1. The maximum Gasteiger partial charge on any atom is 0.255 e. The fourth-order valence-corrected chi connectivity index (χ4v) is 2.31. The minimum atomic E-state index is -0.199. The first-order valence-corrected chi connectivity index (χ1v) is 8.40. The predicted molar refractivity (Wildman–Crippen MR) is 94.8 cm³/mol. The lowest BCUT2D eigenvalue weighted by Crippen LogP contribution is -2.11. The van der Waals surface area contributed by atoms with Gasteiger partial charge in [-0.05, 0) is 55.5 Å². The standard InChI is InChI=1S/C17H21N7O2/c1-4-23-16(20-21-22-23)11-26-15-7-5-13(6-8-15)17(25)19-14-9-18-24(10-14)12(2)3/h5-10,12H,4,11H2,1-3H3,(H,19,25). The lowest BCUT2D eigenvalue weighted by atomic mass is 10.2. The van der Waals surface area contributed by atoms with Gasteiger partial charge in [0.1, 0.15) is 12.4 Å². The summed E-state index contributed by atoms with van der Waals surface area (Å²) in [4.78, 5) is 12.3. The number of nitrogens with zero attached hydrogens (tertiary/aromatic N) is 6. The van der Waals surface area contributed by atoms with E-state index in [0.29, 0.717) is 29.4 Å². The van der Waals surface area contributed by atoms with Crippen LogP contribution in [0.5, 0.6) is 5.75 Å². The van der Waals surface area contributed by atoms with E-state index in [1.807, 2.05) is 20.8 Å². The van der Waals surface area contributed by atoms with Crippen molar-refractivity contribution < 1.29 is 9.53 Å². The fourth-order valence-electron chi connectivity index (χ4n) is 2.31. The molecule has 0 radical (unpaired) electrons. The Kier molecular flexibility index (Phi) is 5.26. The van der Waals surface area contributed by atoms with E-state index in [0.717, 1.165) is 0 Å². The van der Waals surface area contributed by atoms with Gasteiger partial charge in [-0.2, -0.15) is 5.10 Å². The summed E-state index contributed by atoms with van der Waals surface area (Å²) in [6, 6.07) is 7.14. The van der Waals surface area contributed by atoms with Crippen LogP contribution in [0.1, 0.15) is 43.0 Å². The van der Waals surface area contributed by atoms with E-state index in [4.69, 9.17) is 4.74 Å². The van der Waals surface area contributed by atoms with Gasteiger partial charge < -0.3 is 10.1 Å². The molecule has 2 aromatic heterocycles. The Morgan fingerprint density at radius 1 is 1.27 bits per heavy atom. The molecule has 0 saturated carbocycles. The zero-order chi connectivity index (χ0) is 18.5. The van der Waals surface area contributed by atoms with Crippen molar-refractivity contribution in [1.82, 2.24) is 30.0 Å². The van der Waals surface area contributed by atoms with E-state index in [1.54, 1.807) is 46.0 Å². The molecule has 0 aliphatic heterocycles. The van der Waals surface area contributed by atoms with Crippen LogP contribution in [0.4, 0.5) is 5.69 Å². The molecule has 136 valence electrons. The van der Waals surface area contributed by atoms with E-state index >= 15 is 0 Å². The molecule has 9 heteroatoms. The van der Waals surface area contributed by atoms with Crippen LogP contribution in [0.2, 0.25) is 0 Å². The summed E-state index contributed by atoms with van der Waals surface area (Å²) >= 11 is 0. The third kappa shape index (κ3) is 4.05. The normalized spacial score (nSPS) is 10.9. The van der Waals surface area contributed by atoms with Crippen LogP contribution in [0.15, 0.2) is 36.7 Å². The maximum atomic E-state index is 12.3. The van der Waals surface area contributed by atoms with Gasteiger partial charge in [0.25, 0.3) is 5.91 Å². The number of carbonyl (C=O) groups is 1. The van der Waals surface area contributed by atoms with Gasteiger partial charge in [-0.1, -0.05) is 0 Å². The molecular formula is C17H21N7O2. The van der Waals surface area contributed by atoms with Crippen molar-refractivity contribution in [1.29, 1.82) is 0 Å². The first-order chi connectivity index (χ1) is 12.6. The molecule has 2 heterocycles. The number of hydrogen-bond acceptors (Lipinski definition) is 6. The van der Waals surface area contributed by atoms with Gasteiger partial charge in [0.15, 0.2) is 5.82 Å². The van der Waals surface area contributed by atoms with E-state index < -0.39 is 0 Å². The van der Waals surface area contributed by atoms with Crippen molar-refractivity contribution in [3.8, 4) is 5.75 Å². The minimum Gasteiger partial charge on any atom is -0.486 e. The van der Waals surface area contributed by atoms with Gasteiger partial charge in [-0.3, -0.25) is 9.48 Å². The number of nitrogens with one attached hydrogen (secondary N) is 1. The van der Waals surface area contributed by atoms with Crippen LogP contribution in [0.3, 0.4) is 0 Å². The molecule has 1 aromatic carbocycles. The van der Waals surface area contributed by atoms with E-state index in [2.05, 4.69) is 25.9 Å². The fraction of sp³-hybridized carbons (Fsp3) is 0.353. The molecule has 1 amide bonds. The van der Waals surface area contributed by atoms with Crippen molar-refractivity contribution in [2.45, 2.75) is 40.0 Å². The van der Waals surface area contributed by atoms with E-state index in [9.17, 15) is 4.79 Å². The van der Waals surface area contributed by atoms with Crippen LogP contribution < -0.4 is 10.1 Å². The second kappa shape index (κ2) is 7.77. The van der Waals surface area contributed by atoms with Crippen molar-refractivity contribution in [3.63, 3.8) is 0 Å². The molecule has 3 aromatic rings. The minimum absolute atomic E-state index is 0.199. The van der Waals surface area contributed by atoms with Crippen molar-refractivity contribution >= 4 is 11.6 Å². The number of rotatable bonds is 7. The molecule has 0 unspecified atom stereocenters. The number of hydrogen-bond donors (Lipinski definition) is 1. The number of amides is 1. The number of tetrazole rings is 1. The monoisotopic (exact) mass is 355 g/mol. The Morgan fingerprint density at radius 3 is 2.69 bits per heavy atom. The summed E-state index contributed by atoms with van der Waals surface area (Å²) < 4.78 is 9.12. The topological polar surface area (TPSA) is 99.8 Å². The van der Waals surface area contributed by atoms with Crippen molar-refractivity contribution in [2.75, 3.05) is 5.32 Å². The van der Waals surface area contributed by atoms with Crippen molar-refractivity contribution in [3.05, 3.63) is 48.0 Å². The third-order valence-electron chi connectivity index (χ3n) is 3.78. The molecule has 0 fully saturated rings. The highest BCUT2D eigenvalue weighted by atomic mass is 16.5. The van der Waals surface area contributed by atoms with Gasteiger partial charge >= 0.3 is 0 Å². The van der Waals surface area contributed by atoms with Crippen LogP contribution in [-0.4, -0.2) is 35.9 Å². The first-order valence-electron chi connectivity index (χ1n) is 8.40. The highest BCUT2D eigenvalue weighted by Gasteiger charge is 2.10. The number of carbonyl (C=O) groups excluding carboxylic acids is 1. The quantitative estimate of drug-likeness (QED) is 0.698. The molecule has 0 aliphatic rings. The maximum absolute atomic E-state index is 12.3. The second-order valence-electron chi connectivity index (χ2n) is 5.98. The molecule has 9 nitrogen and oxygen atoms in total. The van der Waals surface area contributed by atoms with Gasteiger partial charge in [-0.25, -0.2) is 4.68 Å². The summed E-state index contributed by atoms with van der Waals surface area (Å²) in [5, 5.41) is 18.4. The third-order valence-corrected chi connectivity index (χ3v) is 3.78. The van der Waals surface area contributed by atoms with E-state index in [1.165, 1.54) is 0 Å². The van der Waals surface area contributed by atoms with Crippen LogP contribution in [-0.2, 0) is 13.2 Å². The molecule has 0 aliphatic carbocycles. The lowest BCUT2D eigenvalue weighted by molar-refractivity contribution is 0.102. The lowest BCUT2D eigenvalue weighted by Gasteiger charge is -2.07. The second-order valence-corrected chi connectivity index (χ2v) is 5.98. The van der Waals surface area contributed by atoms with E-state index in [-0.39, 0.29) is 18.6 Å². The number of anilines is 1. The molecule has 3 rings (SSSR count). The van der Waals surface area contributed by atoms with Crippen LogP contribution in [0.25, 0.3) is 0 Å². The van der Waals surface area contributed by atoms with Gasteiger partial charge in [0.2, 0.25) is 0 Å². The van der Waals surface area contributed by atoms with Crippen molar-refractivity contribution in [2.24, 2.45) is 0 Å². The Morgan fingerprint density at radius 2 is 2.04 bits per heavy atom. The van der Waals surface area contributed by atoms with Gasteiger partial charge in [0.05, 0.1) is 11.9 Å². The molecular weight excluding hydrogens is 334 g/mol. The zero-order valence-electron chi connectivity index (χ0n) is 15.0. The summed E-state index contributed by atoms with van der Waals surface area (Å²) in [6.45, 7) is 6.95. The first kappa shape index (κ1) is 17.6. The highest BCUT2D eigenvalue weighted by Crippen LogP contribution is 2.16. The molecule has 26 heavy (non-hydrogen) atoms. The molecule has 0 atom stereocenters. The average Bonchev–Trinajstić information content (AvgIpc) is 3.29. The van der Waals surface area contributed by atoms with Gasteiger partial charge in [0, 0.05) is 24.3 Å². The highest BCUT2D eigenvalue weighted by molar-refractivity contribution is 6.04. The smallest absolute Gasteiger partial charge is 0.255 e. The number of aromatic nitrogens is 6. The summed E-state index contributed by atoms with van der Waals surface area (Å²) in [5.41, 5.74) is 1.20. The Hall–Kier alpha value is -3.23. The summed E-state index contributed by atoms with van der Waals surface area (Å²) in [7, 11) is 0. The molecule has 0 bridgehead atoms. The Balaban J connectivity index is 1.58. The molecule has 0 saturated heterocycles. The SMILES string of the molecule is CCn1nnnc1COc1ccc(C(=O)Nc2cnn(C(C)C)c2)cc1. The number of benzene rings is 1. The molecule has 1 N–H and O–H groups in total. The number of ether oxygens (including phenoxy) is 1. The average molecular weight is 355 g/mol. The Labute approximate surface area is 151 Å².